The highest BCUT2D eigenvalue weighted by atomic mass is 19.1. The molecule has 1 aromatic carbocycles. The van der Waals surface area contributed by atoms with Crippen LogP contribution in [0.2, 0.25) is 0 Å². The normalized spacial score (nSPS) is 26.2. The summed E-state index contributed by atoms with van der Waals surface area (Å²) in [6.07, 6.45) is 1.23. The van der Waals surface area contributed by atoms with Gasteiger partial charge in [-0.05, 0) is 42.9 Å². The Labute approximate surface area is 109 Å². The van der Waals surface area contributed by atoms with Gasteiger partial charge in [0.05, 0.1) is 5.69 Å². The zero-order valence-corrected chi connectivity index (χ0v) is 11.5. The summed E-state index contributed by atoms with van der Waals surface area (Å²) in [4.78, 5) is 2.17. The summed E-state index contributed by atoms with van der Waals surface area (Å²) < 4.78 is 14.2. The minimum atomic E-state index is -0.147. The summed E-state index contributed by atoms with van der Waals surface area (Å²) in [5.41, 5.74) is 7.35. The minimum Gasteiger partial charge on any atom is -0.369 e. The second-order valence-electron chi connectivity index (χ2n) is 5.85. The lowest BCUT2D eigenvalue weighted by molar-refractivity contribution is 0.354. The Balaban J connectivity index is 2.22. The first-order valence-electron chi connectivity index (χ1n) is 6.77. The van der Waals surface area contributed by atoms with E-state index in [4.69, 9.17) is 5.73 Å². The largest absolute Gasteiger partial charge is 0.369 e. The molecule has 2 rings (SSSR count). The average Bonchev–Trinajstić information content (AvgIpc) is 2.27. The molecule has 3 atom stereocenters. The number of piperidine rings is 1. The third-order valence-electron chi connectivity index (χ3n) is 3.71. The van der Waals surface area contributed by atoms with Crippen molar-refractivity contribution < 1.29 is 4.39 Å². The number of hydrogen-bond donors (Lipinski definition) is 1. The third kappa shape index (κ3) is 2.83. The first-order chi connectivity index (χ1) is 8.47. The van der Waals surface area contributed by atoms with E-state index in [9.17, 15) is 4.39 Å². The van der Waals surface area contributed by atoms with E-state index in [0.29, 0.717) is 11.8 Å². The molecule has 0 radical (unpaired) electrons. The molecular formula is C15H23FN2. The van der Waals surface area contributed by atoms with E-state index in [0.717, 1.165) is 24.3 Å². The molecule has 1 aliphatic heterocycles. The lowest BCUT2D eigenvalue weighted by Crippen LogP contribution is -2.39. The summed E-state index contributed by atoms with van der Waals surface area (Å²) >= 11 is 0. The predicted molar refractivity (Wildman–Crippen MR) is 74.2 cm³/mol. The molecule has 0 amide bonds. The van der Waals surface area contributed by atoms with E-state index >= 15 is 0 Å². The second-order valence-corrected chi connectivity index (χ2v) is 5.85. The summed E-state index contributed by atoms with van der Waals surface area (Å²) in [5.74, 6) is 1.11. The fourth-order valence-corrected chi connectivity index (χ4v) is 2.92. The van der Waals surface area contributed by atoms with Gasteiger partial charge in [0.1, 0.15) is 5.82 Å². The van der Waals surface area contributed by atoms with Crippen LogP contribution in [0.4, 0.5) is 10.1 Å². The Bertz CT molecular complexity index is 407. The lowest BCUT2D eigenvalue weighted by atomic mass is 9.91. The van der Waals surface area contributed by atoms with Crippen molar-refractivity contribution >= 4 is 5.69 Å². The Morgan fingerprint density at radius 3 is 2.39 bits per heavy atom. The van der Waals surface area contributed by atoms with Gasteiger partial charge in [-0.1, -0.05) is 19.9 Å². The molecule has 0 aromatic heterocycles. The summed E-state index contributed by atoms with van der Waals surface area (Å²) in [6.45, 7) is 8.23. The smallest absolute Gasteiger partial charge is 0.146 e. The summed E-state index contributed by atoms with van der Waals surface area (Å²) in [7, 11) is 0. The topological polar surface area (TPSA) is 29.3 Å². The number of nitrogens with two attached hydrogens (primary N) is 1. The van der Waals surface area contributed by atoms with Crippen LogP contribution in [0.25, 0.3) is 0 Å². The third-order valence-corrected chi connectivity index (χ3v) is 3.71. The number of halogens is 1. The predicted octanol–water partition coefficient (Wildman–Crippen LogP) is 3.33. The van der Waals surface area contributed by atoms with Gasteiger partial charge in [-0.15, -0.1) is 0 Å². The highest BCUT2D eigenvalue weighted by molar-refractivity contribution is 5.50. The SMILES string of the molecule is CC1CC(C)CN(c2ccc([C@@H](C)N)cc2F)C1. The van der Waals surface area contributed by atoms with Crippen LogP contribution in [0, 0.1) is 17.7 Å². The monoisotopic (exact) mass is 250 g/mol. The summed E-state index contributed by atoms with van der Waals surface area (Å²) in [5, 5.41) is 0. The van der Waals surface area contributed by atoms with E-state index in [1.807, 2.05) is 19.1 Å². The van der Waals surface area contributed by atoms with Crippen LogP contribution in [-0.2, 0) is 0 Å². The molecule has 1 aromatic rings. The number of hydrogen-bond acceptors (Lipinski definition) is 2. The molecule has 18 heavy (non-hydrogen) atoms. The first-order valence-corrected chi connectivity index (χ1v) is 6.77. The molecule has 1 aliphatic rings. The van der Waals surface area contributed by atoms with Crippen molar-refractivity contribution in [1.82, 2.24) is 0 Å². The molecule has 2 nitrogen and oxygen atoms in total. The van der Waals surface area contributed by atoms with E-state index in [1.54, 1.807) is 6.07 Å². The Hall–Kier alpha value is -1.09. The average molecular weight is 250 g/mol. The van der Waals surface area contributed by atoms with Crippen molar-refractivity contribution in [3.05, 3.63) is 29.6 Å². The van der Waals surface area contributed by atoms with Crippen LogP contribution in [0.5, 0.6) is 0 Å². The summed E-state index contributed by atoms with van der Waals surface area (Å²) in [6, 6.07) is 5.27. The maximum absolute atomic E-state index is 14.2. The van der Waals surface area contributed by atoms with Gasteiger partial charge in [0.15, 0.2) is 0 Å². The molecule has 1 fully saturated rings. The molecule has 100 valence electrons. The zero-order valence-electron chi connectivity index (χ0n) is 11.5. The van der Waals surface area contributed by atoms with Gasteiger partial charge in [0.2, 0.25) is 0 Å². The maximum atomic E-state index is 14.2. The van der Waals surface area contributed by atoms with Gasteiger partial charge in [-0.3, -0.25) is 0 Å². The van der Waals surface area contributed by atoms with Crippen LogP contribution >= 0.6 is 0 Å². The van der Waals surface area contributed by atoms with Gasteiger partial charge < -0.3 is 10.6 Å². The van der Waals surface area contributed by atoms with E-state index in [-0.39, 0.29) is 11.9 Å². The van der Waals surface area contributed by atoms with E-state index in [1.165, 1.54) is 6.42 Å². The highest BCUT2D eigenvalue weighted by Gasteiger charge is 2.23. The number of rotatable bonds is 2. The van der Waals surface area contributed by atoms with Crippen molar-refractivity contribution in [3.8, 4) is 0 Å². The number of nitrogens with zero attached hydrogens (tertiary/aromatic N) is 1. The minimum absolute atomic E-state index is 0.118. The zero-order chi connectivity index (χ0) is 13.3. The van der Waals surface area contributed by atoms with Gasteiger partial charge in [-0.2, -0.15) is 0 Å². The molecule has 2 unspecified atom stereocenters. The number of anilines is 1. The quantitative estimate of drug-likeness (QED) is 0.872. The van der Waals surface area contributed by atoms with Crippen molar-refractivity contribution in [2.75, 3.05) is 18.0 Å². The molecule has 2 N–H and O–H groups in total. The standard InChI is InChI=1S/C15H23FN2/c1-10-6-11(2)9-18(8-10)15-5-4-13(12(3)17)7-14(15)16/h4-5,7,10-12H,6,8-9,17H2,1-3H3/t10?,11?,12-/m1/s1. The lowest BCUT2D eigenvalue weighted by Gasteiger charge is -2.36. The van der Waals surface area contributed by atoms with Gasteiger partial charge >= 0.3 is 0 Å². The van der Waals surface area contributed by atoms with Crippen LogP contribution in [0.1, 0.15) is 38.8 Å². The molecule has 0 aliphatic carbocycles. The van der Waals surface area contributed by atoms with Crippen LogP contribution in [0.15, 0.2) is 18.2 Å². The van der Waals surface area contributed by atoms with Gasteiger partial charge in [0.25, 0.3) is 0 Å². The van der Waals surface area contributed by atoms with Crippen molar-refractivity contribution in [1.29, 1.82) is 0 Å². The Kier molecular flexibility index (Phi) is 3.91. The van der Waals surface area contributed by atoms with Gasteiger partial charge in [0, 0.05) is 19.1 Å². The van der Waals surface area contributed by atoms with Crippen molar-refractivity contribution in [2.45, 2.75) is 33.2 Å². The molecule has 0 saturated carbocycles. The molecule has 1 heterocycles. The van der Waals surface area contributed by atoms with Gasteiger partial charge in [-0.25, -0.2) is 4.39 Å². The second kappa shape index (κ2) is 5.27. The fraction of sp³-hybridized carbons (Fsp3) is 0.600. The van der Waals surface area contributed by atoms with Crippen molar-refractivity contribution in [3.63, 3.8) is 0 Å². The van der Waals surface area contributed by atoms with Crippen molar-refractivity contribution in [2.24, 2.45) is 17.6 Å². The van der Waals surface area contributed by atoms with E-state index < -0.39 is 0 Å². The van der Waals surface area contributed by atoms with Crippen LogP contribution in [0.3, 0.4) is 0 Å². The Morgan fingerprint density at radius 2 is 1.89 bits per heavy atom. The van der Waals surface area contributed by atoms with Crippen LogP contribution in [-0.4, -0.2) is 13.1 Å². The van der Waals surface area contributed by atoms with Crippen LogP contribution < -0.4 is 10.6 Å². The fourth-order valence-electron chi connectivity index (χ4n) is 2.92. The molecule has 3 heteroatoms. The maximum Gasteiger partial charge on any atom is 0.146 e. The Morgan fingerprint density at radius 1 is 1.28 bits per heavy atom. The molecule has 1 saturated heterocycles. The molecule has 0 spiro atoms. The first kappa shape index (κ1) is 13.3. The highest BCUT2D eigenvalue weighted by Crippen LogP contribution is 2.29. The number of benzene rings is 1. The molecule has 0 bridgehead atoms. The van der Waals surface area contributed by atoms with E-state index in [2.05, 4.69) is 18.7 Å². The molecular weight excluding hydrogens is 227 g/mol.